The maximum atomic E-state index is 9.64. The van der Waals surface area contributed by atoms with Crippen molar-refractivity contribution in [3.8, 4) is 11.9 Å². The third kappa shape index (κ3) is 3.24. The van der Waals surface area contributed by atoms with Gasteiger partial charge in [0, 0.05) is 25.7 Å². The molecule has 2 saturated heterocycles. The van der Waals surface area contributed by atoms with Crippen molar-refractivity contribution in [3.05, 3.63) is 24.2 Å². The van der Waals surface area contributed by atoms with Crippen LogP contribution in [0.5, 0.6) is 5.88 Å². The predicted molar refractivity (Wildman–Crippen MR) is 105 cm³/mol. The second kappa shape index (κ2) is 7.56. The maximum Gasteiger partial charge on any atom is 0.257 e. The summed E-state index contributed by atoms with van der Waals surface area (Å²) in [6.07, 6.45) is 3.33. The van der Waals surface area contributed by atoms with Crippen molar-refractivity contribution in [2.24, 2.45) is 7.05 Å². The molecule has 0 unspecified atom stereocenters. The van der Waals surface area contributed by atoms with Gasteiger partial charge in [-0.05, 0) is 6.07 Å². The first kappa shape index (κ1) is 18.8. The predicted octanol–water partition coefficient (Wildman–Crippen LogP) is 1.14. The highest BCUT2D eigenvalue weighted by Gasteiger charge is 2.33. The molecular weight excluding hydrogens is 390 g/mol. The molecule has 0 radical (unpaired) electrons. The summed E-state index contributed by atoms with van der Waals surface area (Å²) in [5.41, 5.74) is 1.78. The minimum absolute atomic E-state index is 0.00684. The van der Waals surface area contributed by atoms with Crippen LogP contribution in [0.1, 0.15) is 11.7 Å². The van der Waals surface area contributed by atoms with Crippen LogP contribution in [-0.4, -0.2) is 70.1 Å². The molecule has 5 rings (SSSR count). The third-order valence-electron chi connectivity index (χ3n) is 5.25. The number of aryl methyl sites for hydroxylation is 1. The molecule has 0 bridgehead atoms. The van der Waals surface area contributed by atoms with Crippen molar-refractivity contribution in [1.29, 1.82) is 5.26 Å². The summed E-state index contributed by atoms with van der Waals surface area (Å²) in [6, 6.07) is 3.88. The van der Waals surface area contributed by atoms with Gasteiger partial charge in [0.2, 0.25) is 5.95 Å². The Morgan fingerprint density at radius 3 is 2.83 bits per heavy atom. The van der Waals surface area contributed by atoms with Crippen molar-refractivity contribution >= 4 is 22.7 Å². The van der Waals surface area contributed by atoms with Gasteiger partial charge in [-0.1, -0.05) is 0 Å². The summed E-state index contributed by atoms with van der Waals surface area (Å²) < 4.78 is 25.7. The van der Waals surface area contributed by atoms with E-state index in [1.54, 1.807) is 30.3 Å². The van der Waals surface area contributed by atoms with Crippen LogP contribution in [0.4, 0.5) is 11.6 Å². The molecular formula is C19H21N7O4. The second-order valence-electron chi connectivity index (χ2n) is 7.29. The molecule has 2 aliphatic rings. The zero-order chi connectivity index (χ0) is 20.7. The second-order valence-corrected chi connectivity index (χ2v) is 7.29. The van der Waals surface area contributed by atoms with Gasteiger partial charge >= 0.3 is 0 Å². The van der Waals surface area contributed by atoms with Crippen molar-refractivity contribution < 1.29 is 18.9 Å². The summed E-state index contributed by atoms with van der Waals surface area (Å²) in [7, 11) is 3.46. The largest absolute Gasteiger partial charge is 0.467 e. The SMILES string of the molecule is CO[C@H]1COC[C@@H]1n1c(C#N)cc2cnc(Nc3cn(C)nc3OC3COC3)nc21. The number of aromatic nitrogens is 5. The molecule has 2 aliphatic heterocycles. The van der Waals surface area contributed by atoms with E-state index in [4.69, 9.17) is 18.9 Å². The molecule has 2 atom stereocenters. The number of fused-ring (bicyclic) bond motifs is 1. The number of hydrogen-bond acceptors (Lipinski definition) is 9. The fourth-order valence-corrected chi connectivity index (χ4v) is 3.68. The lowest BCUT2D eigenvalue weighted by molar-refractivity contribution is -0.0812. The van der Waals surface area contributed by atoms with Gasteiger partial charge < -0.3 is 28.8 Å². The van der Waals surface area contributed by atoms with E-state index in [1.807, 2.05) is 11.6 Å². The fourth-order valence-electron chi connectivity index (χ4n) is 3.68. The summed E-state index contributed by atoms with van der Waals surface area (Å²) >= 11 is 0. The highest BCUT2D eigenvalue weighted by atomic mass is 16.6. The Hall–Kier alpha value is -3.20. The van der Waals surface area contributed by atoms with Gasteiger partial charge in [-0.3, -0.25) is 4.68 Å². The van der Waals surface area contributed by atoms with E-state index in [-0.39, 0.29) is 18.2 Å². The van der Waals surface area contributed by atoms with E-state index >= 15 is 0 Å². The monoisotopic (exact) mass is 411 g/mol. The number of rotatable bonds is 6. The molecule has 3 aromatic rings. The van der Waals surface area contributed by atoms with Crippen molar-refractivity contribution in [1.82, 2.24) is 24.3 Å². The first-order valence-corrected chi connectivity index (χ1v) is 9.60. The summed E-state index contributed by atoms with van der Waals surface area (Å²) in [6.45, 7) is 2.02. The van der Waals surface area contributed by atoms with E-state index in [0.29, 0.717) is 55.3 Å². The Labute approximate surface area is 172 Å². The lowest BCUT2D eigenvalue weighted by Crippen LogP contribution is -2.38. The van der Waals surface area contributed by atoms with E-state index in [2.05, 4.69) is 26.5 Å². The van der Waals surface area contributed by atoms with Crippen LogP contribution in [0.25, 0.3) is 11.0 Å². The zero-order valence-electron chi connectivity index (χ0n) is 16.6. The van der Waals surface area contributed by atoms with Crippen molar-refractivity contribution in [2.75, 3.05) is 38.9 Å². The normalized spacial score (nSPS) is 21.5. The Morgan fingerprint density at radius 2 is 2.10 bits per heavy atom. The van der Waals surface area contributed by atoms with E-state index in [1.165, 1.54) is 0 Å². The molecule has 0 amide bonds. The number of hydrogen-bond donors (Lipinski definition) is 1. The standard InChI is InChI=1S/C19H21N7O4/c1-25-6-14(18(24-25)30-13-7-28-8-13)22-19-21-5-11-3-12(4-20)26(17(11)23-19)15-9-29-10-16(15)27-2/h3,5-6,13,15-16H,7-10H2,1-2H3,(H,21,22,23)/t15-,16-/m0/s1. The van der Waals surface area contributed by atoms with Gasteiger partial charge in [0.15, 0.2) is 0 Å². The van der Waals surface area contributed by atoms with Gasteiger partial charge in [-0.2, -0.15) is 10.2 Å². The van der Waals surface area contributed by atoms with E-state index < -0.39 is 0 Å². The van der Waals surface area contributed by atoms with Gasteiger partial charge in [0.05, 0.1) is 38.7 Å². The molecule has 11 nitrogen and oxygen atoms in total. The Bertz CT molecular complexity index is 1110. The average molecular weight is 411 g/mol. The van der Waals surface area contributed by atoms with Gasteiger partial charge in [-0.15, -0.1) is 5.10 Å². The van der Waals surface area contributed by atoms with Crippen molar-refractivity contribution in [3.63, 3.8) is 0 Å². The van der Waals surface area contributed by atoms with Gasteiger partial charge in [-0.25, -0.2) is 4.98 Å². The fraction of sp³-hybridized carbons (Fsp3) is 0.474. The molecule has 1 N–H and O–H groups in total. The summed E-state index contributed by atoms with van der Waals surface area (Å²) in [5, 5.41) is 17.9. The molecule has 5 heterocycles. The molecule has 0 aromatic carbocycles. The molecule has 0 aliphatic carbocycles. The summed E-state index contributed by atoms with van der Waals surface area (Å²) in [5.74, 6) is 0.841. The number of ether oxygens (including phenoxy) is 4. The van der Waals surface area contributed by atoms with Gasteiger partial charge in [0.25, 0.3) is 5.88 Å². The van der Waals surface area contributed by atoms with Crippen LogP contribution < -0.4 is 10.1 Å². The van der Waals surface area contributed by atoms with Crippen LogP contribution >= 0.6 is 0 Å². The first-order valence-electron chi connectivity index (χ1n) is 9.60. The molecule has 156 valence electrons. The Kier molecular flexibility index (Phi) is 4.74. The minimum atomic E-state index is -0.151. The molecule has 2 fully saturated rings. The van der Waals surface area contributed by atoms with Crippen LogP contribution in [0, 0.1) is 11.3 Å². The van der Waals surface area contributed by atoms with E-state index in [0.717, 1.165) is 5.39 Å². The lowest BCUT2D eigenvalue weighted by Gasteiger charge is -2.25. The Morgan fingerprint density at radius 1 is 1.27 bits per heavy atom. The third-order valence-corrected chi connectivity index (χ3v) is 5.25. The highest BCUT2D eigenvalue weighted by Crippen LogP contribution is 2.31. The minimum Gasteiger partial charge on any atom is -0.467 e. The van der Waals surface area contributed by atoms with Crippen LogP contribution in [-0.2, 0) is 21.3 Å². The van der Waals surface area contributed by atoms with Gasteiger partial charge in [0.1, 0.15) is 35.3 Å². The number of methoxy groups -OCH3 is 1. The lowest BCUT2D eigenvalue weighted by atomic mass is 10.2. The smallest absolute Gasteiger partial charge is 0.257 e. The number of nitriles is 1. The molecule has 3 aromatic heterocycles. The number of nitrogens with zero attached hydrogens (tertiary/aromatic N) is 6. The Balaban J connectivity index is 1.49. The molecule has 11 heteroatoms. The van der Waals surface area contributed by atoms with Crippen molar-refractivity contribution in [2.45, 2.75) is 18.2 Å². The average Bonchev–Trinajstić information content (AvgIpc) is 3.40. The number of anilines is 2. The molecule has 0 saturated carbocycles. The van der Waals surface area contributed by atoms with Crippen LogP contribution in [0.2, 0.25) is 0 Å². The zero-order valence-corrected chi connectivity index (χ0v) is 16.6. The maximum absolute atomic E-state index is 9.64. The van der Waals surface area contributed by atoms with E-state index in [9.17, 15) is 5.26 Å². The molecule has 0 spiro atoms. The first-order chi connectivity index (χ1) is 14.7. The topological polar surface area (TPSA) is 121 Å². The quantitative estimate of drug-likeness (QED) is 0.636. The van der Waals surface area contributed by atoms with Crippen LogP contribution in [0.3, 0.4) is 0 Å². The highest BCUT2D eigenvalue weighted by molar-refractivity contribution is 5.79. The molecule has 30 heavy (non-hydrogen) atoms. The van der Waals surface area contributed by atoms with Crippen LogP contribution in [0.15, 0.2) is 18.5 Å². The summed E-state index contributed by atoms with van der Waals surface area (Å²) in [4.78, 5) is 9.07. The number of nitrogens with one attached hydrogen (secondary N) is 1.